The molecule has 2 aromatic rings. The van der Waals surface area contributed by atoms with Gasteiger partial charge in [-0.2, -0.15) is 5.26 Å². The van der Waals surface area contributed by atoms with Crippen molar-refractivity contribution in [1.29, 1.82) is 5.26 Å². The summed E-state index contributed by atoms with van der Waals surface area (Å²) in [7, 11) is 1.65. The van der Waals surface area contributed by atoms with E-state index in [-0.39, 0.29) is 24.1 Å². The molecule has 1 aromatic heterocycles. The minimum Gasteiger partial charge on any atom is -0.350 e. The summed E-state index contributed by atoms with van der Waals surface area (Å²) in [5.41, 5.74) is 1.51. The van der Waals surface area contributed by atoms with Crippen LogP contribution in [0.4, 0.5) is 0 Å². The Morgan fingerprint density at radius 1 is 1.45 bits per heavy atom. The minimum atomic E-state index is -0.276. The number of nitrogens with zero attached hydrogens (tertiary/aromatic N) is 3. The van der Waals surface area contributed by atoms with E-state index in [4.69, 9.17) is 9.78 Å². The average molecular weight is 269 g/mol. The molecule has 0 aliphatic heterocycles. The lowest BCUT2D eigenvalue weighted by atomic mass is 10.1. The van der Waals surface area contributed by atoms with Crippen LogP contribution in [0, 0.1) is 11.3 Å². The second-order valence-corrected chi connectivity index (χ2v) is 4.57. The maximum atomic E-state index is 12.2. The van der Waals surface area contributed by atoms with Crippen molar-refractivity contribution in [3.8, 4) is 17.3 Å². The predicted molar refractivity (Wildman–Crippen MR) is 73.7 cm³/mol. The lowest BCUT2D eigenvalue weighted by Gasteiger charge is -2.21. The molecule has 0 aliphatic carbocycles. The molecular weight excluding hydrogens is 254 g/mol. The van der Waals surface area contributed by atoms with Crippen LogP contribution in [0.15, 0.2) is 40.9 Å². The van der Waals surface area contributed by atoms with Gasteiger partial charge in [0.1, 0.15) is 5.69 Å². The Morgan fingerprint density at radius 3 is 2.80 bits per heavy atom. The van der Waals surface area contributed by atoms with Crippen molar-refractivity contribution < 1.29 is 9.32 Å². The van der Waals surface area contributed by atoms with Gasteiger partial charge in [0.2, 0.25) is 5.76 Å². The monoisotopic (exact) mass is 269 g/mol. The van der Waals surface area contributed by atoms with Crippen LogP contribution in [0.3, 0.4) is 0 Å². The Labute approximate surface area is 117 Å². The molecule has 0 saturated carbocycles. The Morgan fingerprint density at radius 2 is 2.15 bits per heavy atom. The largest absolute Gasteiger partial charge is 0.350 e. The number of carbonyl (C=O) groups is 1. The Bertz CT molecular complexity index is 628. The molecule has 0 saturated heterocycles. The molecule has 0 radical (unpaired) electrons. The molecule has 1 amide bonds. The number of hydrogen-bond acceptors (Lipinski definition) is 4. The molecular formula is C15H15N3O2. The zero-order valence-corrected chi connectivity index (χ0v) is 11.4. The smallest absolute Gasteiger partial charge is 0.292 e. The van der Waals surface area contributed by atoms with Crippen molar-refractivity contribution in [2.24, 2.45) is 0 Å². The first kappa shape index (κ1) is 13.8. The summed E-state index contributed by atoms with van der Waals surface area (Å²) < 4.78 is 5.11. The van der Waals surface area contributed by atoms with Crippen molar-refractivity contribution in [3.05, 3.63) is 42.2 Å². The van der Waals surface area contributed by atoms with Crippen LogP contribution in [-0.2, 0) is 0 Å². The normalized spacial score (nSPS) is 11.7. The minimum absolute atomic E-state index is 0.169. The van der Waals surface area contributed by atoms with Crippen molar-refractivity contribution in [2.75, 3.05) is 7.05 Å². The maximum Gasteiger partial charge on any atom is 0.292 e. The maximum absolute atomic E-state index is 12.2. The number of hydrogen-bond donors (Lipinski definition) is 0. The first-order valence-electron chi connectivity index (χ1n) is 6.29. The van der Waals surface area contributed by atoms with Gasteiger partial charge >= 0.3 is 0 Å². The lowest BCUT2D eigenvalue weighted by Crippen LogP contribution is -2.34. The van der Waals surface area contributed by atoms with Gasteiger partial charge in [-0.3, -0.25) is 4.79 Å². The summed E-state index contributed by atoms with van der Waals surface area (Å²) in [4.78, 5) is 13.7. The number of carbonyl (C=O) groups excluding carboxylic acids is 1. The molecule has 0 spiro atoms. The van der Waals surface area contributed by atoms with E-state index in [0.29, 0.717) is 5.69 Å². The number of nitriles is 1. The third-order valence-corrected chi connectivity index (χ3v) is 3.16. The summed E-state index contributed by atoms with van der Waals surface area (Å²) >= 11 is 0. The van der Waals surface area contributed by atoms with Gasteiger partial charge in [-0.1, -0.05) is 35.5 Å². The SMILES string of the molecule is C[C@H](CC#N)N(C)C(=O)c1cc(-c2ccccc2)no1. The molecule has 1 aromatic carbocycles. The molecule has 102 valence electrons. The summed E-state index contributed by atoms with van der Waals surface area (Å²) in [6.07, 6.45) is 0.280. The molecule has 5 nitrogen and oxygen atoms in total. The van der Waals surface area contributed by atoms with Crippen molar-refractivity contribution >= 4 is 5.91 Å². The molecule has 0 fully saturated rings. The highest BCUT2D eigenvalue weighted by Gasteiger charge is 2.21. The molecule has 5 heteroatoms. The van der Waals surface area contributed by atoms with E-state index < -0.39 is 0 Å². The Hall–Kier alpha value is -2.61. The molecule has 0 aliphatic rings. The van der Waals surface area contributed by atoms with Gasteiger partial charge in [-0.25, -0.2) is 0 Å². The van der Waals surface area contributed by atoms with E-state index in [1.807, 2.05) is 43.3 Å². The second-order valence-electron chi connectivity index (χ2n) is 4.57. The zero-order valence-electron chi connectivity index (χ0n) is 11.4. The Balaban J connectivity index is 2.17. The number of benzene rings is 1. The van der Waals surface area contributed by atoms with E-state index >= 15 is 0 Å². The van der Waals surface area contributed by atoms with Gasteiger partial charge in [-0.15, -0.1) is 0 Å². The Kier molecular flexibility index (Phi) is 4.16. The lowest BCUT2D eigenvalue weighted by molar-refractivity contribution is 0.0704. The van der Waals surface area contributed by atoms with Crippen LogP contribution in [-0.4, -0.2) is 29.1 Å². The second kappa shape index (κ2) is 6.02. The number of aromatic nitrogens is 1. The van der Waals surface area contributed by atoms with Gasteiger partial charge in [0.25, 0.3) is 5.91 Å². The van der Waals surface area contributed by atoms with Crippen LogP contribution in [0.1, 0.15) is 23.9 Å². The van der Waals surface area contributed by atoms with Crippen molar-refractivity contribution in [2.45, 2.75) is 19.4 Å². The van der Waals surface area contributed by atoms with Crippen LogP contribution >= 0.6 is 0 Å². The van der Waals surface area contributed by atoms with Crippen LogP contribution < -0.4 is 0 Å². The van der Waals surface area contributed by atoms with E-state index in [9.17, 15) is 4.79 Å². The van der Waals surface area contributed by atoms with Crippen molar-refractivity contribution in [1.82, 2.24) is 10.1 Å². The topological polar surface area (TPSA) is 70.1 Å². The van der Waals surface area contributed by atoms with E-state index in [2.05, 4.69) is 5.16 Å². The quantitative estimate of drug-likeness (QED) is 0.855. The summed E-state index contributed by atoms with van der Waals surface area (Å²) in [6.45, 7) is 1.82. The van der Waals surface area contributed by atoms with Crippen molar-refractivity contribution in [3.63, 3.8) is 0 Å². The van der Waals surface area contributed by atoms with Crippen LogP contribution in [0.5, 0.6) is 0 Å². The van der Waals surface area contributed by atoms with Gasteiger partial charge in [0.15, 0.2) is 0 Å². The van der Waals surface area contributed by atoms with Gasteiger partial charge in [-0.05, 0) is 6.92 Å². The first-order chi connectivity index (χ1) is 9.63. The average Bonchev–Trinajstić information content (AvgIpc) is 2.96. The molecule has 0 bridgehead atoms. The fraction of sp³-hybridized carbons (Fsp3) is 0.267. The summed E-state index contributed by atoms with van der Waals surface area (Å²) in [5.74, 6) is -0.0985. The van der Waals surface area contributed by atoms with Gasteiger partial charge in [0.05, 0.1) is 12.5 Å². The first-order valence-corrected chi connectivity index (χ1v) is 6.29. The molecule has 0 N–H and O–H groups in total. The number of amides is 1. The zero-order chi connectivity index (χ0) is 14.5. The van der Waals surface area contributed by atoms with E-state index in [0.717, 1.165) is 5.56 Å². The molecule has 1 atom stereocenters. The van der Waals surface area contributed by atoms with E-state index in [1.54, 1.807) is 13.1 Å². The molecule has 0 unspecified atom stereocenters. The van der Waals surface area contributed by atoms with E-state index in [1.165, 1.54) is 4.90 Å². The highest BCUT2D eigenvalue weighted by molar-refractivity contribution is 5.92. The van der Waals surface area contributed by atoms with Crippen LogP contribution in [0.25, 0.3) is 11.3 Å². The van der Waals surface area contributed by atoms with Crippen LogP contribution in [0.2, 0.25) is 0 Å². The predicted octanol–water partition coefficient (Wildman–Crippen LogP) is 2.72. The van der Waals surface area contributed by atoms with Gasteiger partial charge in [0, 0.05) is 24.7 Å². The third-order valence-electron chi connectivity index (χ3n) is 3.16. The van der Waals surface area contributed by atoms with Gasteiger partial charge < -0.3 is 9.42 Å². The summed E-state index contributed by atoms with van der Waals surface area (Å²) in [5, 5.41) is 12.6. The fourth-order valence-electron chi connectivity index (χ4n) is 1.76. The highest BCUT2D eigenvalue weighted by atomic mass is 16.5. The standard InChI is InChI=1S/C15H15N3O2/c1-11(8-9-16)18(2)15(19)14-10-13(17-20-14)12-6-4-3-5-7-12/h3-7,10-11H,8H2,1-2H3/t11-/m1/s1. The summed E-state index contributed by atoms with van der Waals surface area (Å²) in [6, 6.07) is 13.0. The molecule has 1 heterocycles. The fourth-order valence-corrected chi connectivity index (χ4v) is 1.76. The number of rotatable bonds is 4. The third kappa shape index (κ3) is 2.86. The molecule has 2 rings (SSSR count). The molecule has 20 heavy (non-hydrogen) atoms. The highest BCUT2D eigenvalue weighted by Crippen LogP contribution is 2.19.